The summed E-state index contributed by atoms with van der Waals surface area (Å²) in [7, 11) is 0. The third-order valence-electron chi connectivity index (χ3n) is 2.74. The third-order valence-corrected chi connectivity index (χ3v) is 2.74. The van der Waals surface area contributed by atoms with Crippen molar-refractivity contribution >= 4 is 0 Å². The minimum Gasteiger partial charge on any atom is -0.396 e. The molecule has 1 atom stereocenters. The van der Waals surface area contributed by atoms with Gasteiger partial charge >= 0.3 is 0 Å². The Labute approximate surface area is 74.5 Å². The Bertz CT molecular complexity index is 122. The minimum atomic E-state index is 0.295. The molecule has 0 saturated carbocycles. The summed E-state index contributed by atoms with van der Waals surface area (Å²) in [6, 6.07) is 0.921. The maximum absolute atomic E-state index is 8.77. The van der Waals surface area contributed by atoms with Crippen LogP contribution in [0.3, 0.4) is 0 Å². The molecule has 0 aromatic carbocycles. The van der Waals surface area contributed by atoms with Gasteiger partial charge in [-0.15, -0.1) is 0 Å². The molecule has 0 spiro atoms. The molecule has 1 aliphatic heterocycles. The molecule has 0 aliphatic carbocycles. The Kier molecular flexibility index (Phi) is 3.98. The summed E-state index contributed by atoms with van der Waals surface area (Å²) in [5.41, 5.74) is 5.80. The van der Waals surface area contributed by atoms with Crippen molar-refractivity contribution in [2.45, 2.75) is 38.3 Å². The summed E-state index contributed by atoms with van der Waals surface area (Å²) in [5.74, 6) is 0. The molecule has 1 fully saturated rings. The highest BCUT2D eigenvalue weighted by atomic mass is 16.3. The molecule has 1 aliphatic rings. The topological polar surface area (TPSA) is 49.5 Å². The van der Waals surface area contributed by atoms with Gasteiger partial charge in [-0.05, 0) is 39.3 Å². The van der Waals surface area contributed by atoms with Crippen molar-refractivity contribution in [3.63, 3.8) is 0 Å². The van der Waals surface area contributed by atoms with E-state index in [1.807, 2.05) is 0 Å². The second-order valence-corrected chi connectivity index (χ2v) is 3.73. The van der Waals surface area contributed by atoms with E-state index in [2.05, 4.69) is 11.8 Å². The van der Waals surface area contributed by atoms with Gasteiger partial charge in [0.05, 0.1) is 0 Å². The van der Waals surface area contributed by atoms with E-state index in [0.29, 0.717) is 18.7 Å². The molecular formula is C9H20N2O. The van der Waals surface area contributed by atoms with E-state index in [0.717, 1.165) is 32.4 Å². The highest BCUT2D eigenvalue weighted by Gasteiger charge is 2.19. The van der Waals surface area contributed by atoms with Crippen LogP contribution in [0.5, 0.6) is 0 Å². The number of likely N-dealkylation sites (tertiary alicyclic amines) is 1. The summed E-state index contributed by atoms with van der Waals surface area (Å²) < 4.78 is 0. The first-order valence-corrected chi connectivity index (χ1v) is 4.84. The van der Waals surface area contributed by atoms with Crippen LogP contribution in [0.4, 0.5) is 0 Å². The van der Waals surface area contributed by atoms with E-state index in [4.69, 9.17) is 10.8 Å². The highest BCUT2D eigenvalue weighted by Crippen LogP contribution is 2.12. The second kappa shape index (κ2) is 4.80. The number of hydrogen-bond donors (Lipinski definition) is 2. The predicted molar refractivity (Wildman–Crippen MR) is 49.9 cm³/mol. The zero-order valence-corrected chi connectivity index (χ0v) is 7.87. The van der Waals surface area contributed by atoms with Gasteiger partial charge in [-0.2, -0.15) is 0 Å². The fourth-order valence-electron chi connectivity index (χ4n) is 1.73. The minimum absolute atomic E-state index is 0.295. The lowest BCUT2D eigenvalue weighted by molar-refractivity contribution is 0.136. The van der Waals surface area contributed by atoms with Crippen molar-refractivity contribution in [3.05, 3.63) is 0 Å². The van der Waals surface area contributed by atoms with Crippen LogP contribution in [-0.4, -0.2) is 41.8 Å². The molecule has 1 rings (SSSR count). The maximum atomic E-state index is 8.77. The number of hydrogen-bond acceptors (Lipinski definition) is 3. The quantitative estimate of drug-likeness (QED) is 0.638. The Morgan fingerprint density at radius 3 is 2.58 bits per heavy atom. The zero-order chi connectivity index (χ0) is 8.97. The van der Waals surface area contributed by atoms with Gasteiger partial charge in [0.2, 0.25) is 0 Å². The average Bonchev–Trinajstić information content (AvgIpc) is 2.06. The molecule has 12 heavy (non-hydrogen) atoms. The lowest BCUT2D eigenvalue weighted by Gasteiger charge is -2.34. The van der Waals surface area contributed by atoms with Crippen LogP contribution in [0, 0.1) is 0 Å². The van der Waals surface area contributed by atoms with Crippen LogP contribution in [-0.2, 0) is 0 Å². The highest BCUT2D eigenvalue weighted by molar-refractivity contribution is 4.77. The fourth-order valence-corrected chi connectivity index (χ4v) is 1.73. The molecule has 0 amide bonds. The van der Waals surface area contributed by atoms with Gasteiger partial charge in [-0.3, -0.25) is 0 Å². The fraction of sp³-hybridized carbons (Fsp3) is 1.00. The van der Waals surface area contributed by atoms with Crippen LogP contribution >= 0.6 is 0 Å². The van der Waals surface area contributed by atoms with Gasteiger partial charge in [0.1, 0.15) is 0 Å². The smallest absolute Gasteiger partial charge is 0.0445 e. The average molecular weight is 172 g/mol. The lowest BCUT2D eigenvalue weighted by Crippen LogP contribution is -2.44. The maximum Gasteiger partial charge on any atom is 0.0445 e. The number of aliphatic hydroxyl groups excluding tert-OH is 1. The van der Waals surface area contributed by atoms with E-state index < -0.39 is 0 Å². The Morgan fingerprint density at radius 2 is 2.08 bits per heavy atom. The number of rotatable bonds is 3. The zero-order valence-electron chi connectivity index (χ0n) is 7.87. The third kappa shape index (κ3) is 2.73. The number of aliphatic hydroxyl groups is 1. The van der Waals surface area contributed by atoms with Crippen LogP contribution in [0.15, 0.2) is 0 Å². The lowest BCUT2D eigenvalue weighted by atomic mass is 10.0. The van der Waals surface area contributed by atoms with Crippen LogP contribution in [0.1, 0.15) is 26.2 Å². The van der Waals surface area contributed by atoms with Gasteiger partial charge in [0.25, 0.3) is 0 Å². The van der Waals surface area contributed by atoms with Crippen LogP contribution < -0.4 is 5.73 Å². The molecular weight excluding hydrogens is 152 g/mol. The molecule has 0 aromatic heterocycles. The largest absolute Gasteiger partial charge is 0.396 e. The van der Waals surface area contributed by atoms with Gasteiger partial charge in [0.15, 0.2) is 0 Å². The standard InChI is InChI=1S/C9H20N2O/c1-8(4-7-12)11-5-2-9(10)3-6-11/h8-9,12H,2-7,10H2,1H3. The number of nitrogens with zero attached hydrogens (tertiary/aromatic N) is 1. The molecule has 0 bridgehead atoms. The van der Waals surface area contributed by atoms with Crippen molar-refractivity contribution in [1.82, 2.24) is 4.90 Å². The van der Waals surface area contributed by atoms with E-state index in [1.54, 1.807) is 0 Å². The van der Waals surface area contributed by atoms with Gasteiger partial charge in [0, 0.05) is 18.7 Å². The molecule has 1 saturated heterocycles. The number of nitrogens with two attached hydrogens (primary N) is 1. The Morgan fingerprint density at radius 1 is 1.50 bits per heavy atom. The molecule has 3 nitrogen and oxygen atoms in total. The summed E-state index contributed by atoms with van der Waals surface area (Å²) in [6.07, 6.45) is 3.10. The van der Waals surface area contributed by atoms with Crippen LogP contribution in [0.25, 0.3) is 0 Å². The first kappa shape index (κ1) is 9.96. The normalized spacial score (nSPS) is 24.2. The Balaban J connectivity index is 2.24. The molecule has 72 valence electrons. The second-order valence-electron chi connectivity index (χ2n) is 3.73. The van der Waals surface area contributed by atoms with E-state index >= 15 is 0 Å². The molecule has 3 N–H and O–H groups in total. The molecule has 3 heteroatoms. The van der Waals surface area contributed by atoms with Crippen molar-refractivity contribution < 1.29 is 5.11 Å². The van der Waals surface area contributed by atoms with Gasteiger partial charge in [-0.1, -0.05) is 0 Å². The predicted octanol–water partition coefficient (Wildman–Crippen LogP) is 0.180. The van der Waals surface area contributed by atoms with Gasteiger partial charge in [-0.25, -0.2) is 0 Å². The monoisotopic (exact) mass is 172 g/mol. The SMILES string of the molecule is CC(CCO)N1CCC(N)CC1. The van der Waals surface area contributed by atoms with Crippen LogP contribution in [0.2, 0.25) is 0 Å². The molecule has 1 heterocycles. The van der Waals surface area contributed by atoms with E-state index in [1.165, 1.54) is 0 Å². The van der Waals surface area contributed by atoms with Gasteiger partial charge < -0.3 is 15.7 Å². The summed E-state index contributed by atoms with van der Waals surface area (Å²) in [4.78, 5) is 2.42. The summed E-state index contributed by atoms with van der Waals surface area (Å²) >= 11 is 0. The summed E-state index contributed by atoms with van der Waals surface area (Å²) in [5, 5.41) is 8.77. The number of piperidine rings is 1. The first-order chi connectivity index (χ1) is 5.74. The molecule has 0 aromatic rings. The molecule has 1 unspecified atom stereocenters. The summed E-state index contributed by atoms with van der Waals surface area (Å²) in [6.45, 7) is 4.67. The van der Waals surface area contributed by atoms with Crippen molar-refractivity contribution in [3.8, 4) is 0 Å². The first-order valence-electron chi connectivity index (χ1n) is 4.84. The molecule has 0 radical (unpaired) electrons. The van der Waals surface area contributed by atoms with Crippen molar-refractivity contribution in [2.24, 2.45) is 5.73 Å². The van der Waals surface area contributed by atoms with Crippen molar-refractivity contribution in [2.75, 3.05) is 19.7 Å². The van der Waals surface area contributed by atoms with E-state index in [-0.39, 0.29) is 0 Å². The Hall–Kier alpha value is -0.120. The van der Waals surface area contributed by atoms with Crippen molar-refractivity contribution in [1.29, 1.82) is 0 Å². The van der Waals surface area contributed by atoms with E-state index in [9.17, 15) is 0 Å².